The van der Waals surface area contributed by atoms with Crippen LogP contribution in [-0.2, 0) is 0 Å². The van der Waals surface area contributed by atoms with Crippen molar-refractivity contribution in [3.8, 4) is 16.5 Å². The number of hydrogen-bond acceptors (Lipinski definition) is 7. The van der Waals surface area contributed by atoms with Crippen LogP contribution in [0.15, 0.2) is 35.2 Å². The van der Waals surface area contributed by atoms with E-state index in [0.717, 1.165) is 11.3 Å². The summed E-state index contributed by atoms with van der Waals surface area (Å²) < 4.78 is 34.7. The Balaban J connectivity index is 1.84. The lowest BCUT2D eigenvalue weighted by atomic mass is 10.0. The minimum Gasteiger partial charge on any atom is -0.477 e. The number of carbonyl (C=O) groups excluding carboxylic acids is 1. The molecule has 0 saturated carbocycles. The van der Waals surface area contributed by atoms with Gasteiger partial charge in [-0.05, 0) is 62.0 Å². The van der Waals surface area contributed by atoms with Gasteiger partial charge in [-0.3, -0.25) is 9.78 Å². The molecule has 0 saturated heterocycles. The first-order chi connectivity index (χ1) is 15.3. The Morgan fingerprint density at radius 3 is 2.78 bits per heavy atom. The molecule has 1 amide bonds. The van der Waals surface area contributed by atoms with Crippen molar-refractivity contribution in [3.63, 3.8) is 0 Å². The fourth-order valence-corrected chi connectivity index (χ4v) is 4.06. The SMILES string of the molecule is CCOc1cncc(-c2cnc(C(=O)NC(CCN(C)C)c3c(F)ccc(Br)c3F)s2)n1. The van der Waals surface area contributed by atoms with Gasteiger partial charge in [-0.1, -0.05) is 0 Å². The molecule has 0 aliphatic carbocycles. The molecule has 0 bridgehead atoms. The lowest BCUT2D eigenvalue weighted by molar-refractivity contribution is 0.0931. The second kappa shape index (κ2) is 10.9. The van der Waals surface area contributed by atoms with Crippen LogP contribution in [0.2, 0.25) is 0 Å². The highest BCUT2D eigenvalue weighted by Gasteiger charge is 2.25. The molecule has 0 aliphatic rings. The number of nitrogens with one attached hydrogen (secondary N) is 1. The van der Waals surface area contributed by atoms with Gasteiger partial charge in [0, 0.05) is 11.8 Å². The molecule has 2 aromatic heterocycles. The van der Waals surface area contributed by atoms with Gasteiger partial charge >= 0.3 is 0 Å². The van der Waals surface area contributed by atoms with Crippen molar-refractivity contribution in [1.82, 2.24) is 25.2 Å². The van der Waals surface area contributed by atoms with Crippen LogP contribution in [0.3, 0.4) is 0 Å². The smallest absolute Gasteiger partial charge is 0.280 e. The number of nitrogens with zero attached hydrogens (tertiary/aromatic N) is 4. The third-order valence-electron chi connectivity index (χ3n) is 4.46. The Morgan fingerprint density at radius 2 is 2.06 bits per heavy atom. The van der Waals surface area contributed by atoms with E-state index >= 15 is 0 Å². The summed E-state index contributed by atoms with van der Waals surface area (Å²) in [5.74, 6) is -1.62. The second-order valence-electron chi connectivity index (χ2n) is 7.08. The van der Waals surface area contributed by atoms with Crippen molar-refractivity contribution in [2.75, 3.05) is 27.2 Å². The molecule has 0 spiro atoms. The quantitative estimate of drug-likeness (QED) is 0.415. The van der Waals surface area contributed by atoms with Crippen LogP contribution in [0.1, 0.15) is 34.8 Å². The Morgan fingerprint density at radius 1 is 1.28 bits per heavy atom. The minimum atomic E-state index is -0.879. The highest BCUT2D eigenvalue weighted by Crippen LogP contribution is 2.30. The molecule has 1 unspecified atom stereocenters. The zero-order valence-corrected chi connectivity index (χ0v) is 20.1. The first kappa shape index (κ1) is 24.1. The highest BCUT2D eigenvalue weighted by molar-refractivity contribution is 9.10. The topological polar surface area (TPSA) is 80.2 Å². The van der Waals surface area contributed by atoms with Crippen molar-refractivity contribution in [3.05, 3.63) is 57.4 Å². The Bertz CT molecular complexity index is 1100. The normalized spacial score (nSPS) is 12.1. The molecular formula is C21H22BrF2N5O2S. The first-order valence-electron chi connectivity index (χ1n) is 9.80. The van der Waals surface area contributed by atoms with Crippen LogP contribution in [0.5, 0.6) is 5.88 Å². The molecule has 0 aliphatic heterocycles. The molecule has 0 radical (unpaired) electrons. The zero-order valence-electron chi connectivity index (χ0n) is 17.7. The Hall–Kier alpha value is -2.50. The van der Waals surface area contributed by atoms with E-state index in [1.807, 2.05) is 25.9 Å². The number of carbonyl (C=O) groups is 1. The number of hydrogen-bond donors (Lipinski definition) is 1. The average molecular weight is 526 g/mol. The van der Waals surface area contributed by atoms with Crippen LogP contribution >= 0.6 is 27.3 Å². The summed E-state index contributed by atoms with van der Waals surface area (Å²) >= 11 is 4.19. The summed E-state index contributed by atoms with van der Waals surface area (Å²) in [5.41, 5.74) is 0.322. The molecule has 2 heterocycles. The Labute approximate surface area is 197 Å². The summed E-state index contributed by atoms with van der Waals surface area (Å²) in [5, 5.41) is 2.88. The van der Waals surface area contributed by atoms with Crippen molar-refractivity contribution in [2.45, 2.75) is 19.4 Å². The summed E-state index contributed by atoms with van der Waals surface area (Å²) in [7, 11) is 3.69. The largest absolute Gasteiger partial charge is 0.477 e. The Kier molecular flexibility index (Phi) is 8.21. The molecule has 7 nitrogen and oxygen atoms in total. The molecule has 1 aromatic carbocycles. The monoisotopic (exact) mass is 525 g/mol. The maximum atomic E-state index is 14.7. The van der Waals surface area contributed by atoms with E-state index in [9.17, 15) is 13.6 Å². The van der Waals surface area contributed by atoms with Gasteiger partial charge in [0.25, 0.3) is 5.91 Å². The number of aromatic nitrogens is 3. The van der Waals surface area contributed by atoms with Crippen LogP contribution in [0.4, 0.5) is 8.78 Å². The lowest BCUT2D eigenvalue weighted by Gasteiger charge is -2.22. The second-order valence-corrected chi connectivity index (χ2v) is 8.97. The molecule has 32 heavy (non-hydrogen) atoms. The summed E-state index contributed by atoms with van der Waals surface area (Å²) in [4.78, 5) is 28.0. The van der Waals surface area contributed by atoms with Crippen molar-refractivity contribution in [1.29, 1.82) is 0 Å². The third kappa shape index (κ3) is 5.84. The van der Waals surface area contributed by atoms with Crippen LogP contribution < -0.4 is 10.1 Å². The van der Waals surface area contributed by atoms with E-state index in [-0.39, 0.29) is 15.0 Å². The van der Waals surface area contributed by atoms with Crippen LogP contribution in [0.25, 0.3) is 10.6 Å². The molecule has 1 N–H and O–H groups in total. The van der Waals surface area contributed by atoms with E-state index < -0.39 is 23.6 Å². The molecule has 0 fully saturated rings. The zero-order chi connectivity index (χ0) is 23.3. The lowest BCUT2D eigenvalue weighted by Crippen LogP contribution is -2.32. The molecule has 170 valence electrons. The van der Waals surface area contributed by atoms with Gasteiger partial charge in [0.2, 0.25) is 5.88 Å². The molecule has 3 rings (SSSR count). The molecule has 3 aromatic rings. The number of halogens is 3. The van der Waals surface area contributed by atoms with Gasteiger partial charge < -0.3 is 15.0 Å². The van der Waals surface area contributed by atoms with Crippen LogP contribution in [0, 0.1) is 11.6 Å². The fourth-order valence-electron chi connectivity index (χ4n) is 2.94. The van der Waals surface area contributed by atoms with E-state index in [2.05, 4.69) is 36.2 Å². The van der Waals surface area contributed by atoms with E-state index in [4.69, 9.17) is 4.74 Å². The first-order valence-corrected chi connectivity index (χ1v) is 11.4. The number of benzene rings is 1. The highest BCUT2D eigenvalue weighted by atomic mass is 79.9. The van der Waals surface area contributed by atoms with Crippen molar-refractivity contribution >= 4 is 33.2 Å². The third-order valence-corrected chi connectivity index (χ3v) is 6.09. The standard InChI is InChI=1S/C21H22BrF2N5O2S/c1-4-31-17-11-25-9-15(27-17)16-10-26-21(32-16)20(30)28-14(7-8-29(2)3)18-13(23)6-5-12(22)19(18)24/h5-6,9-11,14H,4,7-8H2,1-3H3,(H,28,30). The number of ether oxygens (including phenoxy) is 1. The predicted molar refractivity (Wildman–Crippen MR) is 122 cm³/mol. The van der Waals surface area contributed by atoms with E-state index in [1.54, 1.807) is 6.20 Å². The van der Waals surface area contributed by atoms with Gasteiger partial charge in [-0.15, -0.1) is 11.3 Å². The van der Waals surface area contributed by atoms with Crippen molar-refractivity contribution in [2.24, 2.45) is 0 Å². The van der Waals surface area contributed by atoms with Crippen LogP contribution in [-0.4, -0.2) is 53.0 Å². The summed E-state index contributed by atoms with van der Waals surface area (Å²) in [6, 6.07) is 1.59. The molecule has 11 heteroatoms. The fraction of sp³-hybridized carbons (Fsp3) is 0.333. The maximum Gasteiger partial charge on any atom is 0.280 e. The van der Waals surface area contributed by atoms with Gasteiger partial charge in [-0.25, -0.2) is 18.7 Å². The minimum absolute atomic E-state index is 0.127. The van der Waals surface area contributed by atoms with Gasteiger partial charge in [0.05, 0.1) is 34.4 Å². The van der Waals surface area contributed by atoms with Crippen molar-refractivity contribution < 1.29 is 18.3 Å². The van der Waals surface area contributed by atoms with Gasteiger partial charge in [0.1, 0.15) is 17.3 Å². The predicted octanol–water partition coefficient (Wildman–Crippen LogP) is 4.46. The summed E-state index contributed by atoms with van der Waals surface area (Å²) in [6.07, 6.45) is 4.86. The van der Waals surface area contributed by atoms with Gasteiger partial charge in [-0.2, -0.15) is 0 Å². The van der Waals surface area contributed by atoms with Gasteiger partial charge in [0.15, 0.2) is 5.01 Å². The number of rotatable bonds is 9. The number of thiazole rings is 1. The van der Waals surface area contributed by atoms with E-state index in [0.29, 0.717) is 36.0 Å². The average Bonchev–Trinajstić information content (AvgIpc) is 3.25. The number of amides is 1. The maximum absolute atomic E-state index is 14.7. The molecule has 1 atom stereocenters. The summed E-state index contributed by atoms with van der Waals surface area (Å²) in [6.45, 7) is 2.80. The molecular weight excluding hydrogens is 504 g/mol. The van der Waals surface area contributed by atoms with E-state index in [1.165, 1.54) is 24.5 Å².